The molecule has 0 fully saturated rings. The van der Waals surface area contributed by atoms with Crippen molar-refractivity contribution in [2.75, 3.05) is 12.4 Å². The van der Waals surface area contributed by atoms with Gasteiger partial charge in [-0.05, 0) is 75.2 Å². The van der Waals surface area contributed by atoms with Crippen LogP contribution in [0.15, 0.2) is 48.5 Å². The molecule has 0 spiro atoms. The van der Waals surface area contributed by atoms with Gasteiger partial charge in [0.2, 0.25) is 0 Å². The number of amides is 1. The smallest absolute Gasteiger partial charge is 0.257 e. The van der Waals surface area contributed by atoms with Crippen LogP contribution in [0.4, 0.5) is 10.1 Å². The Bertz CT molecular complexity index is 1390. The average molecular weight is 474 g/mol. The summed E-state index contributed by atoms with van der Waals surface area (Å²) in [6.07, 6.45) is 4.20. The number of benzene rings is 2. The SMILES string of the molecule is COc1ccc(-n2c(C)cc(C(=O)Nc3cc(-c4nnc5n4CCCCC5)ccc3F)c2C)cc1. The van der Waals surface area contributed by atoms with E-state index in [9.17, 15) is 9.18 Å². The van der Waals surface area contributed by atoms with E-state index in [1.807, 2.05) is 48.7 Å². The van der Waals surface area contributed by atoms with Gasteiger partial charge in [-0.2, -0.15) is 0 Å². The molecule has 180 valence electrons. The van der Waals surface area contributed by atoms with Crippen molar-refractivity contribution < 1.29 is 13.9 Å². The number of ether oxygens (including phenoxy) is 1. The number of rotatable bonds is 5. The molecule has 1 amide bonds. The first-order valence-electron chi connectivity index (χ1n) is 11.8. The number of nitrogens with one attached hydrogen (secondary N) is 1. The number of halogens is 1. The molecule has 7 nitrogen and oxygen atoms in total. The number of hydrogen-bond donors (Lipinski definition) is 1. The highest BCUT2D eigenvalue weighted by molar-refractivity contribution is 6.05. The Morgan fingerprint density at radius 2 is 1.83 bits per heavy atom. The van der Waals surface area contributed by atoms with Crippen LogP contribution in [-0.4, -0.2) is 32.3 Å². The van der Waals surface area contributed by atoms with Crippen LogP contribution < -0.4 is 10.1 Å². The first kappa shape index (κ1) is 22.8. The van der Waals surface area contributed by atoms with Gasteiger partial charge in [-0.25, -0.2) is 4.39 Å². The second-order valence-electron chi connectivity index (χ2n) is 8.87. The van der Waals surface area contributed by atoms with E-state index in [4.69, 9.17) is 4.74 Å². The lowest BCUT2D eigenvalue weighted by molar-refractivity contribution is 0.102. The molecule has 0 saturated carbocycles. The van der Waals surface area contributed by atoms with Gasteiger partial charge in [0.15, 0.2) is 5.82 Å². The van der Waals surface area contributed by atoms with Crippen molar-refractivity contribution in [3.63, 3.8) is 0 Å². The van der Waals surface area contributed by atoms with Crippen LogP contribution >= 0.6 is 0 Å². The zero-order chi connectivity index (χ0) is 24.5. The summed E-state index contributed by atoms with van der Waals surface area (Å²) in [4.78, 5) is 13.2. The van der Waals surface area contributed by atoms with Crippen LogP contribution in [0, 0.1) is 19.7 Å². The Hall–Kier alpha value is -3.94. The quantitative estimate of drug-likeness (QED) is 0.417. The van der Waals surface area contributed by atoms with Crippen molar-refractivity contribution in [2.24, 2.45) is 0 Å². The number of carbonyl (C=O) groups excluding carboxylic acids is 1. The summed E-state index contributed by atoms with van der Waals surface area (Å²) >= 11 is 0. The molecule has 3 heterocycles. The fourth-order valence-electron chi connectivity index (χ4n) is 4.77. The van der Waals surface area contributed by atoms with Gasteiger partial charge in [-0.1, -0.05) is 6.42 Å². The summed E-state index contributed by atoms with van der Waals surface area (Å²) in [5.74, 6) is 1.55. The van der Waals surface area contributed by atoms with Crippen molar-refractivity contribution in [1.29, 1.82) is 0 Å². The largest absolute Gasteiger partial charge is 0.497 e. The third kappa shape index (κ3) is 4.32. The second kappa shape index (κ2) is 9.37. The molecule has 5 rings (SSSR count). The molecule has 4 aromatic rings. The Balaban J connectivity index is 1.43. The fraction of sp³-hybridized carbons (Fsp3) is 0.296. The summed E-state index contributed by atoms with van der Waals surface area (Å²) in [5, 5.41) is 11.5. The van der Waals surface area contributed by atoms with E-state index in [0.717, 1.165) is 66.4 Å². The third-order valence-electron chi connectivity index (χ3n) is 6.59. The van der Waals surface area contributed by atoms with Gasteiger partial charge in [0, 0.05) is 35.6 Å². The van der Waals surface area contributed by atoms with Gasteiger partial charge in [-0.3, -0.25) is 4.79 Å². The molecule has 0 unspecified atom stereocenters. The monoisotopic (exact) mass is 473 g/mol. The standard InChI is InChI=1S/C27H28FN5O2/c1-17-15-22(18(2)33(17)20-9-11-21(35-3)12-10-20)27(34)29-24-16-19(8-13-23(24)28)26-31-30-25-7-5-4-6-14-32(25)26/h8-13,15-16H,4-7,14H2,1-3H3,(H,29,34). The molecule has 1 aliphatic heterocycles. The minimum Gasteiger partial charge on any atom is -0.497 e. The maximum absolute atomic E-state index is 14.7. The normalized spacial score (nSPS) is 13.3. The van der Waals surface area contributed by atoms with E-state index < -0.39 is 5.82 Å². The van der Waals surface area contributed by atoms with Crippen molar-refractivity contribution in [3.05, 3.63) is 77.1 Å². The van der Waals surface area contributed by atoms with Crippen molar-refractivity contribution >= 4 is 11.6 Å². The molecule has 2 aromatic carbocycles. The number of methoxy groups -OCH3 is 1. The zero-order valence-corrected chi connectivity index (χ0v) is 20.1. The second-order valence-corrected chi connectivity index (χ2v) is 8.87. The minimum atomic E-state index is -0.498. The number of fused-ring (bicyclic) bond motifs is 1. The average Bonchev–Trinajstić information content (AvgIpc) is 3.30. The van der Waals surface area contributed by atoms with Crippen molar-refractivity contribution in [3.8, 4) is 22.8 Å². The molecule has 1 aliphatic rings. The molecule has 35 heavy (non-hydrogen) atoms. The van der Waals surface area contributed by atoms with Gasteiger partial charge in [0.05, 0.1) is 18.4 Å². The Morgan fingerprint density at radius 1 is 1.03 bits per heavy atom. The number of anilines is 1. The first-order valence-corrected chi connectivity index (χ1v) is 11.8. The Morgan fingerprint density at radius 3 is 2.60 bits per heavy atom. The summed E-state index contributed by atoms with van der Waals surface area (Å²) in [6.45, 7) is 4.66. The van der Waals surface area contributed by atoms with E-state index in [1.54, 1.807) is 19.2 Å². The van der Waals surface area contributed by atoms with Gasteiger partial charge >= 0.3 is 0 Å². The van der Waals surface area contributed by atoms with Crippen LogP contribution in [0.1, 0.15) is 46.8 Å². The van der Waals surface area contributed by atoms with E-state index >= 15 is 0 Å². The molecular weight excluding hydrogens is 445 g/mol. The molecular formula is C27H28FN5O2. The lowest BCUT2D eigenvalue weighted by Gasteiger charge is -2.12. The summed E-state index contributed by atoms with van der Waals surface area (Å²) < 4.78 is 24.1. The molecule has 0 radical (unpaired) electrons. The van der Waals surface area contributed by atoms with Crippen molar-refractivity contribution in [1.82, 2.24) is 19.3 Å². The molecule has 0 aliphatic carbocycles. The van der Waals surface area contributed by atoms with Crippen LogP contribution in [-0.2, 0) is 13.0 Å². The minimum absolute atomic E-state index is 0.118. The maximum atomic E-state index is 14.7. The summed E-state index contributed by atoms with van der Waals surface area (Å²) in [5.41, 5.74) is 3.92. The predicted molar refractivity (Wildman–Crippen MR) is 133 cm³/mol. The lowest BCUT2D eigenvalue weighted by Crippen LogP contribution is -2.14. The molecule has 2 aromatic heterocycles. The van der Waals surface area contributed by atoms with Crippen LogP contribution in [0.5, 0.6) is 5.75 Å². The van der Waals surface area contributed by atoms with Gasteiger partial charge < -0.3 is 19.2 Å². The van der Waals surface area contributed by atoms with Gasteiger partial charge in [0.1, 0.15) is 17.4 Å². The van der Waals surface area contributed by atoms with E-state index in [1.165, 1.54) is 6.07 Å². The molecule has 0 bridgehead atoms. The van der Waals surface area contributed by atoms with Gasteiger partial charge in [0.25, 0.3) is 5.91 Å². The van der Waals surface area contributed by atoms with Crippen molar-refractivity contribution in [2.45, 2.75) is 46.1 Å². The fourth-order valence-corrected chi connectivity index (χ4v) is 4.77. The highest BCUT2D eigenvalue weighted by atomic mass is 19.1. The Labute approximate surface area is 203 Å². The lowest BCUT2D eigenvalue weighted by atomic mass is 10.1. The molecule has 0 atom stereocenters. The number of aryl methyl sites for hydroxylation is 2. The van der Waals surface area contributed by atoms with Gasteiger partial charge in [-0.15, -0.1) is 10.2 Å². The Kier molecular flexibility index (Phi) is 6.11. The summed E-state index contributed by atoms with van der Waals surface area (Å²) in [7, 11) is 1.62. The predicted octanol–water partition coefficient (Wildman–Crippen LogP) is 5.48. The number of hydrogen-bond acceptors (Lipinski definition) is 4. The highest BCUT2D eigenvalue weighted by Crippen LogP contribution is 2.28. The topological polar surface area (TPSA) is 74.0 Å². The summed E-state index contributed by atoms with van der Waals surface area (Å²) in [6, 6.07) is 14.1. The molecule has 8 heteroatoms. The number of nitrogens with zero attached hydrogens (tertiary/aromatic N) is 4. The highest BCUT2D eigenvalue weighted by Gasteiger charge is 2.20. The first-order chi connectivity index (χ1) is 17.0. The maximum Gasteiger partial charge on any atom is 0.257 e. The molecule has 1 N–H and O–H groups in total. The zero-order valence-electron chi connectivity index (χ0n) is 20.1. The third-order valence-corrected chi connectivity index (χ3v) is 6.59. The van der Waals surface area contributed by atoms with Crippen LogP contribution in [0.2, 0.25) is 0 Å². The van der Waals surface area contributed by atoms with Crippen LogP contribution in [0.25, 0.3) is 17.1 Å². The molecule has 0 saturated heterocycles. The van der Waals surface area contributed by atoms with E-state index in [0.29, 0.717) is 11.4 Å². The van der Waals surface area contributed by atoms with E-state index in [-0.39, 0.29) is 11.6 Å². The number of carbonyl (C=O) groups is 1. The number of aromatic nitrogens is 4. The van der Waals surface area contributed by atoms with E-state index in [2.05, 4.69) is 20.1 Å². The van der Waals surface area contributed by atoms with Crippen LogP contribution in [0.3, 0.4) is 0 Å².